The summed E-state index contributed by atoms with van der Waals surface area (Å²) in [7, 11) is 0. The van der Waals surface area contributed by atoms with Gasteiger partial charge in [0.15, 0.2) is 0 Å². The molecule has 0 aromatic carbocycles. The zero-order valence-electron chi connectivity index (χ0n) is 14.3. The molecule has 2 aromatic rings. The number of aromatic nitrogens is 4. The Balaban J connectivity index is 1.36. The van der Waals surface area contributed by atoms with Crippen molar-refractivity contribution in [2.75, 3.05) is 36.5 Å². The molecular weight excluding hydrogens is 336 g/mol. The van der Waals surface area contributed by atoms with Gasteiger partial charge in [0.2, 0.25) is 11.9 Å². The Labute approximate surface area is 150 Å². The third kappa shape index (κ3) is 3.88. The topological polar surface area (TPSA) is 102 Å². The average molecular weight is 356 g/mol. The molecular formula is C17H20N6O3. The summed E-state index contributed by atoms with van der Waals surface area (Å²) in [5, 5.41) is 2.70. The number of amides is 1. The predicted molar refractivity (Wildman–Crippen MR) is 94.2 cm³/mol. The van der Waals surface area contributed by atoms with Gasteiger partial charge in [-0.25, -0.2) is 15.0 Å². The fraction of sp³-hybridized carbons (Fsp3) is 0.471. The zero-order valence-corrected chi connectivity index (χ0v) is 14.3. The van der Waals surface area contributed by atoms with Gasteiger partial charge in [0, 0.05) is 25.1 Å². The van der Waals surface area contributed by atoms with E-state index in [1.54, 1.807) is 12.4 Å². The minimum Gasteiger partial charge on any atom is -0.378 e. The summed E-state index contributed by atoms with van der Waals surface area (Å²) in [6, 6.07) is 1.52. The Hall–Kier alpha value is -2.81. The SMILES string of the molecule is O=C(Cn1cnc(C2CC2)cc1=O)Nc1cnc(N2CCOCC2)nc1. The van der Waals surface area contributed by atoms with Gasteiger partial charge in [-0.2, -0.15) is 0 Å². The molecule has 2 aromatic heterocycles. The number of anilines is 2. The van der Waals surface area contributed by atoms with Gasteiger partial charge >= 0.3 is 0 Å². The molecule has 0 atom stereocenters. The summed E-state index contributed by atoms with van der Waals surface area (Å²) >= 11 is 0. The second-order valence-electron chi connectivity index (χ2n) is 6.47. The van der Waals surface area contributed by atoms with Gasteiger partial charge in [-0.1, -0.05) is 0 Å². The lowest BCUT2D eigenvalue weighted by atomic mass is 10.3. The van der Waals surface area contributed by atoms with Gasteiger partial charge in [-0.15, -0.1) is 0 Å². The Morgan fingerprint density at radius 2 is 1.92 bits per heavy atom. The minimum absolute atomic E-state index is 0.0952. The third-order valence-electron chi connectivity index (χ3n) is 4.43. The van der Waals surface area contributed by atoms with E-state index in [1.807, 2.05) is 4.90 Å². The number of ether oxygens (including phenoxy) is 1. The van der Waals surface area contributed by atoms with E-state index in [0.29, 0.717) is 30.8 Å². The molecule has 26 heavy (non-hydrogen) atoms. The molecule has 2 fully saturated rings. The van der Waals surface area contributed by atoms with Crippen molar-refractivity contribution in [3.8, 4) is 0 Å². The van der Waals surface area contributed by atoms with E-state index in [9.17, 15) is 9.59 Å². The summed E-state index contributed by atoms with van der Waals surface area (Å²) in [5.74, 6) is 0.700. The molecule has 1 saturated carbocycles. The van der Waals surface area contributed by atoms with Gasteiger partial charge in [-0.3, -0.25) is 14.2 Å². The van der Waals surface area contributed by atoms with Crippen LogP contribution in [0.3, 0.4) is 0 Å². The first kappa shape index (κ1) is 16.6. The maximum atomic E-state index is 12.2. The first-order valence-corrected chi connectivity index (χ1v) is 8.70. The van der Waals surface area contributed by atoms with Crippen LogP contribution in [0.15, 0.2) is 29.6 Å². The van der Waals surface area contributed by atoms with Crippen LogP contribution in [0.4, 0.5) is 11.6 Å². The van der Waals surface area contributed by atoms with Crippen LogP contribution in [-0.4, -0.2) is 51.7 Å². The zero-order chi connectivity index (χ0) is 17.9. The van der Waals surface area contributed by atoms with Crippen molar-refractivity contribution in [1.82, 2.24) is 19.5 Å². The second-order valence-corrected chi connectivity index (χ2v) is 6.47. The van der Waals surface area contributed by atoms with Crippen LogP contribution in [0.1, 0.15) is 24.5 Å². The molecule has 9 nitrogen and oxygen atoms in total. The first-order valence-electron chi connectivity index (χ1n) is 8.70. The molecule has 4 rings (SSSR count). The molecule has 1 amide bonds. The maximum absolute atomic E-state index is 12.2. The summed E-state index contributed by atoms with van der Waals surface area (Å²) in [6.07, 6.45) is 6.72. The van der Waals surface area contributed by atoms with E-state index in [0.717, 1.165) is 31.6 Å². The Morgan fingerprint density at radius 1 is 1.19 bits per heavy atom. The highest BCUT2D eigenvalue weighted by molar-refractivity contribution is 5.90. The lowest BCUT2D eigenvalue weighted by Gasteiger charge is -2.26. The highest BCUT2D eigenvalue weighted by atomic mass is 16.5. The molecule has 136 valence electrons. The van der Waals surface area contributed by atoms with Crippen molar-refractivity contribution in [1.29, 1.82) is 0 Å². The lowest BCUT2D eigenvalue weighted by Crippen LogP contribution is -2.37. The lowest BCUT2D eigenvalue weighted by molar-refractivity contribution is -0.116. The predicted octanol–water partition coefficient (Wildman–Crippen LogP) is 0.386. The molecule has 0 bridgehead atoms. The van der Waals surface area contributed by atoms with Crippen LogP contribution in [0, 0.1) is 0 Å². The van der Waals surface area contributed by atoms with E-state index < -0.39 is 0 Å². The number of nitrogens with one attached hydrogen (secondary N) is 1. The van der Waals surface area contributed by atoms with E-state index in [-0.39, 0.29) is 18.0 Å². The van der Waals surface area contributed by atoms with Crippen molar-refractivity contribution >= 4 is 17.5 Å². The van der Waals surface area contributed by atoms with Crippen LogP contribution < -0.4 is 15.8 Å². The van der Waals surface area contributed by atoms with Crippen molar-refractivity contribution in [2.45, 2.75) is 25.3 Å². The summed E-state index contributed by atoms with van der Waals surface area (Å²) in [5.41, 5.74) is 1.09. The van der Waals surface area contributed by atoms with Gasteiger partial charge in [0.05, 0.1) is 43.3 Å². The van der Waals surface area contributed by atoms with E-state index in [4.69, 9.17) is 4.74 Å². The van der Waals surface area contributed by atoms with Crippen LogP contribution in [0.25, 0.3) is 0 Å². The highest BCUT2D eigenvalue weighted by Gasteiger charge is 2.25. The molecule has 2 aliphatic rings. The number of rotatable bonds is 5. The van der Waals surface area contributed by atoms with Gasteiger partial charge in [0.1, 0.15) is 6.54 Å². The number of morpholine rings is 1. The van der Waals surface area contributed by atoms with Crippen LogP contribution in [0.5, 0.6) is 0 Å². The molecule has 1 saturated heterocycles. The molecule has 0 unspecified atom stereocenters. The fourth-order valence-electron chi connectivity index (χ4n) is 2.83. The maximum Gasteiger partial charge on any atom is 0.254 e. The normalized spacial score (nSPS) is 17.2. The molecule has 0 spiro atoms. The average Bonchev–Trinajstić information content (AvgIpc) is 3.50. The molecule has 9 heteroatoms. The quantitative estimate of drug-likeness (QED) is 0.826. The highest BCUT2D eigenvalue weighted by Crippen LogP contribution is 2.38. The number of hydrogen-bond donors (Lipinski definition) is 1. The standard InChI is InChI=1S/C17H20N6O3/c24-15(10-23-11-20-14(7-16(23)25)12-1-2-12)21-13-8-18-17(19-9-13)22-3-5-26-6-4-22/h7-9,11-12H,1-6,10H2,(H,21,24). The Morgan fingerprint density at radius 3 is 2.58 bits per heavy atom. The fourth-order valence-corrected chi connectivity index (χ4v) is 2.83. The van der Waals surface area contributed by atoms with Gasteiger partial charge in [0.25, 0.3) is 5.56 Å². The van der Waals surface area contributed by atoms with E-state index >= 15 is 0 Å². The summed E-state index contributed by atoms with van der Waals surface area (Å²) in [4.78, 5) is 39.1. The second kappa shape index (κ2) is 7.20. The van der Waals surface area contributed by atoms with Crippen molar-refractivity contribution in [2.24, 2.45) is 0 Å². The Bertz CT molecular complexity index is 840. The molecule has 1 aliphatic carbocycles. The number of carbonyl (C=O) groups is 1. The summed E-state index contributed by atoms with van der Waals surface area (Å²) < 4.78 is 6.60. The van der Waals surface area contributed by atoms with Gasteiger partial charge < -0.3 is 15.0 Å². The summed E-state index contributed by atoms with van der Waals surface area (Å²) in [6.45, 7) is 2.72. The van der Waals surface area contributed by atoms with E-state index in [2.05, 4.69) is 20.3 Å². The number of nitrogens with zero attached hydrogens (tertiary/aromatic N) is 5. The molecule has 0 radical (unpaired) electrons. The first-order chi connectivity index (χ1) is 12.7. The Kier molecular flexibility index (Phi) is 4.61. The van der Waals surface area contributed by atoms with Crippen molar-refractivity contribution < 1.29 is 9.53 Å². The third-order valence-corrected chi connectivity index (χ3v) is 4.43. The molecule has 1 aliphatic heterocycles. The van der Waals surface area contributed by atoms with Crippen LogP contribution in [0.2, 0.25) is 0 Å². The van der Waals surface area contributed by atoms with Crippen LogP contribution in [-0.2, 0) is 16.1 Å². The van der Waals surface area contributed by atoms with Gasteiger partial charge in [-0.05, 0) is 12.8 Å². The molecule has 1 N–H and O–H groups in total. The molecule has 3 heterocycles. The minimum atomic E-state index is -0.323. The monoisotopic (exact) mass is 356 g/mol. The van der Waals surface area contributed by atoms with Crippen molar-refractivity contribution in [3.63, 3.8) is 0 Å². The van der Waals surface area contributed by atoms with Crippen molar-refractivity contribution in [3.05, 3.63) is 40.8 Å². The van der Waals surface area contributed by atoms with Crippen LogP contribution >= 0.6 is 0 Å². The largest absolute Gasteiger partial charge is 0.378 e. The number of hydrogen-bond acceptors (Lipinski definition) is 7. The van der Waals surface area contributed by atoms with E-state index in [1.165, 1.54) is 17.0 Å². The smallest absolute Gasteiger partial charge is 0.254 e. The number of carbonyl (C=O) groups excluding carboxylic acids is 1.